The third-order valence-electron chi connectivity index (χ3n) is 4.01. The van der Waals surface area contributed by atoms with Gasteiger partial charge in [0.1, 0.15) is 11.5 Å². The number of aromatic carboxylic acids is 1. The zero-order valence-corrected chi connectivity index (χ0v) is 16.3. The highest BCUT2D eigenvalue weighted by atomic mass is 35.5. The SMILES string of the molecule is O=C1NC(=Nc2ccccc2Cl)S/C1=C/c1ccc(-c2cccc(C(=O)[O-])c2)o1. The molecule has 3 aromatic rings. The Morgan fingerprint density at radius 3 is 2.76 bits per heavy atom. The van der Waals surface area contributed by atoms with E-state index in [1.807, 2.05) is 6.07 Å². The summed E-state index contributed by atoms with van der Waals surface area (Å²) in [5.41, 5.74) is 1.22. The molecule has 1 saturated heterocycles. The number of para-hydroxylation sites is 1. The van der Waals surface area contributed by atoms with Crippen LogP contribution in [0.2, 0.25) is 5.02 Å². The summed E-state index contributed by atoms with van der Waals surface area (Å²) in [6, 6.07) is 16.7. The zero-order valence-electron chi connectivity index (χ0n) is 14.7. The highest BCUT2D eigenvalue weighted by Gasteiger charge is 2.24. The number of aliphatic imine (C=N–C) groups is 1. The average Bonchev–Trinajstić information content (AvgIpc) is 3.31. The molecule has 1 aromatic heterocycles. The van der Waals surface area contributed by atoms with Crippen LogP contribution in [0.4, 0.5) is 5.69 Å². The van der Waals surface area contributed by atoms with Crippen molar-refractivity contribution < 1.29 is 19.1 Å². The first kappa shape index (κ1) is 19.0. The van der Waals surface area contributed by atoms with Crippen LogP contribution in [0.1, 0.15) is 16.1 Å². The number of amides is 1. The molecule has 0 unspecified atom stereocenters. The number of nitrogens with zero attached hydrogens (tertiary/aromatic N) is 1. The van der Waals surface area contributed by atoms with Crippen LogP contribution in [0.3, 0.4) is 0 Å². The number of rotatable bonds is 4. The number of hydrogen-bond donors (Lipinski definition) is 1. The van der Waals surface area contributed by atoms with Crippen LogP contribution in [0.25, 0.3) is 17.4 Å². The lowest BCUT2D eigenvalue weighted by Gasteiger charge is -2.03. The monoisotopic (exact) mass is 423 g/mol. The molecule has 0 saturated carbocycles. The maximum atomic E-state index is 12.2. The number of carbonyl (C=O) groups is 2. The molecule has 144 valence electrons. The van der Waals surface area contributed by atoms with Crippen LogP contribution >= 0.6 is 23.4 Å². The number of carboxylic acids is 1. The Hall–Kier alpha value is -3.29. The third-order valence-corrected chi connectivity index (χ3v) is 5.24. The van der Waals surface area contributed by atoms with E-state index in [0.717, 1.165) is 0 Å². The van der Waals surface area contributed by atoms with E-state index in [9.17, 15) is 14.7 Å². The summed E-state index contributed by atoms with van der Waals surface area (Å²) >= 11 is 7.27. The molecule has 0 spiro atoms. The summed E-state index contributed by atoms with van der Waals surface area (Å²) in [6.07, 6.45) is 1.60. The number of halogens is 1. The predicted octanol–water partition coefficient (Wildman–Crippen LogP) is 3.86. The first-order valence-corrected chi connectivity index (χ1v) is 9.65. The fourth-order valence-electron chi connectivity index (χ4n) is 2.65. The number of amidine groups is 1. The van der Waals surface area contributed by atoms with E-state index < -0.39 is 5.97 Å². The molecule has 0 aliphatic carbocycles. The molecule has 8 heteroatoms. The molecule has 29 heavy (non-hydrogen) atoms. The van der Waals surface area contributed by atoms with Gasteiger partial charge in [0.25, 0.3) is 5.91 Å². The number of benzene rings is 2. The van der Waals surface area contributed by atoms with E-state index in [1.165, 1.54) is 23.9 Å². The molecule has 1 amide bonds. The minimum atomic E-state index is -1.26. The van der Waals surface area contributed by atoms with Crippen molar-refractivity contribution in [1.29, 1.82) is 0 Å². The molecule has 1 fully saturated rings. The van der Waals surface area contributed by atoms with Gasteiger partial charge in [-0.2, -0.15) is 0 Å². The van der Waals surface area contributed by atoms with Gasteiger partial charge < -0.3 is 19.6 Å². The van der Waals surface area contributed by atoms with Gasteiger partial charge in [-0.15, -0.1) is 0 Å². The summed E-state index contributed by atoms with van der Waals surface area (Å²) in [7, 11) is 0. The lowest BCUT2D eigenvalue weighted by atomic mass is 10.1. The van der Waals surface area contributed by atoms with E-state index in [-0.39, 0.29) is 11.5 Å². The summed E-state index contributed by atoms with van der Waals surface area (Å²) in [4.78, 5) is 28.0. The van der Waals surface area contributed by atoms with Crippen molar-refractivity contribution in [2.24, 2.45) is 4.99 Å². The second-order valence-corrected chi connectivity index (χ2v) is 7.44. The molecule has 1 aliphatic heterocycles. The Morgan fingerprint density at radius 1 is 1.14 bits per heavy atom. The normalized spacial score (nSPS) is 16.4. The Balaban J connectivity index is 1.56. The van der Waals surface area contributed by atoms with E-state index in [0.29, 0.717) is 37.9 Å². The second kappa shape index (κ2) is 7.98. The minimum absolute atomic E-state index is 0.0601. The van der Waals surface area contributed by atoms with Gasteiger partial charge in [0.05, 0.1) is 21.6 Å². The smallest absolute Gasteiger partial charge is 0.264 e. The van der Waals surface area contributed by atoms with Gasteiger partial charge in [-0.05, 0) is 47.7 Å². The van der Waals surface area contributed by atoms with Crippen molar-refractivity contribution in [2.75, 3.05) is 0 Å². The van der Waals surface area contributed by atoms with Crippen LogP contribution in [-0.2, 0) is 4.79 Å². The standard InChI is InChI=1S/C21H13ClN2O4S/c22-15-6-1-2-7-16(15)23-21-24-19(25)18(29-21)11-14-8-9-17(28-14)12-4-3-5-13(10-12)20(26)27/h1-11H,(H,26,27)(H,23,24,25)/p-1/b18-11+. The predicted molar refractivity (Wildman–Crippen MR) is 111 cm³/mol. The zero-order chi connectivity index (χ0) is 20.4. The van der Waals surface area contributed by atoms with Crippen LogP contribution in [0, 0.1) is 0 Å². The summed E-state index contributed by atoms with van der Waals surface area (Å²) in [5, 5.41) is 14.6. The number of nitrogens with one attached hydrogen (secondary N) is 1. The topological polar surface area (TPSA) is 94.7 Å². The number of carboxylic acid groups (broad SMARTS) is 1. The Kier molecular flexibility index (Phi) is 5.24. The fraction of sp³-hybridized carbons (Fsp3) is 0. The summed E-state index contributed by atoms with van der Waals surface area (Å²) in [6.45, 7) is 0. The summed E-state index contributed by atoms with van der Waals surface area (Å²) in [5.74, 6) is -0.619. The molecule has 2 aromatic carbocycles. The first-order chi connectivity index (χ1) is 14.0. The second-order valence-electron chi connectivity index (χ2n) is 6.00. The van der Waals surface area contributed by atoms with E-state index in [1.54, 1.807) is 48.5 Å². The van der Waals surface area contributed by atoms with E-state index in [4.69, 9.17) is 16.0 Å². The maximum Gasteiger partial charge on any atom is 0.264 e. The van der Waals surface area contributed by atoms with Crippen molar-refractivity contribution in [1.82, 2.24) is 5.32 Å². The molecule has 0 bridgehead atoms. The molecule has 0 atom stereocenters. The minimum Gasteiger partial charge on any atom is -0.545 e. The van der Waals surface area contributed by atoms with Crippen LogP contribution in [-0.4, -0.2) is 17.0 Å². The van der Waals surface area contributed by atoms with Gasteiger partial charge in [0.15, 0.2) is 5.17 Å². The van der Waals surface area contributed by atoms with E-state index in [2.05, 4.69) is 10.3 Å². The molecule has 0 radical (unpaired) electrons. The molecule has 1 N–H and O–H groups in total. The van der Waals surface area contributed by atoms with Crippen molar-refractivity contribution in [3.05, 3.63) is 81.9 Å². The van der Waals surface area contributed by atoms with Crippen molar-refractivity contribution in [2.45, 2.75) is 0 Å². The quantitative estimate of drug-likeness (QED) is 0.643. The number of carbonyl (C=O) groups excluding carboxylic acids is 2. The molecule has 1 aliphatic rings. The largest absolute Gasteiger partial charge is 0.545 e. The van der Waals surface area contributed by atoms with Crippen LogP contribution < -0.4 is 10.4 Å². The van der Waals surface area contributed by atoms with Gasteiger partial charge in [-0.1, -0.05) is 41.9 Å². The number of thioether (sulfide) groups is 1. The van der Waals surface area contributed by atoms with Gasteiger partial charge >= 0.3 is 0 Å². The Morgan fingerprint density at radius 2 is 1.97 bits per heavy atom. The van der Waals surface area contributed by atoms with Crippen molar-refractivity contribution in [3.8, 4) is 11.3 Å². The number of hydrogen-bond acceptors (Lipinski definition) is 6. The van der Waals surface area contributed by atoms with Gasteiger partial charge in [0, 0.05) is 11.6 Å². The van der Waals surface area contributed by atoms with Gasteiger partial charge in [-0.3, -0.25) is 4.79 Å². The first-order valence-electron chi connectivity index (χ1n) is 8.45. The highest BCUT2D eigenvalue weighted by molar-refractivity contribution is 8.18. The lowest BCUT2D eigenvalue weighted by Crippen LogP contribution is -2.22. The van der Waals surface area contributed by atoms with Crippen molar-refractivity contribution in [3.63, 3.8) is 0 Å². The van der Waals surface area contributed by atoms with Crippen LogP contribution in [0.15, 0.2) is 75.0 Å². The molecule has 4 rings (SSSR count). The molecule has 6 nitrogen and oxygen atoms in total. The fourth-order valence-corrected chi connectivity index (χ4v) is 3.64. The third kappa shape index (κ3) is 4.26. The van der Waals surface area contributed by atoms with Crippen molar-refractivity contribution >= 4 is 52.2 Å². The highest BCUT2D eigenvalue weighted by Crippen LogP contribution is 2.32. The van der Waals surface area contributed by atoms with Crippen LogP contribution in [0.5, 0.6) is 0 Å². The molecular weight excluding hydrogens is 412 g/mol. The lowest BCUT2D eigenvalue weighted by molar-refractivity contribution is -0.255. The molecule has 2 heterocycles. The summed E-state index contributed by atoms with van der Waals surface area (Å²) < 4.78 is 5.74. The number of furan rings is 1. The maximum absolute atomic E-state index is 12.2. The Labute approximate surface area is 174 Å². The van der Waals surface area contributed by atoms with Gasteiger partial charge in [-0.25, -0.2) is 4.99 Å². The van der Waals surface area contributed by atoms with E-state index >= 15 is 0 Å². The van der Waals surface area contributed by atoms with Gasteiger partial charge in [0.2, 0.25) is 0 Å². The average molecular weight is 424 g/mol. The Bertz CT molecular complexity index is 1180. The molecular formula is C21H12ClN2O4S-.